The van der Waals surface area contributed by atoms with Gasteiger partial charge in [-0.15, -0.1) is 0 Å². The van der Waals surface area contributed by atoms with Crippen molar-refractivity contribution >= 4 is 31.0 Å². The van der Waals surface area contributed by atoms with Gasteiger partial charge in [-0.1, -0.05) is 37.6 Å². The third-order valence-corrected chi connectivity index (χ3v) is 6.26. The second kappa shape index (κ2) is 7.06. The SMILES string of the molecule is CCCCOS(=O)(=O)c1c(S(=O)(=O)OC)cc(O)c2ccccc12. The highest BCUT2D eigenvalue weighted by atomic mass is 32.2. The van der Waals surface area contributed by atoms with E-state index in [4.69, 9.17) is 4.18 Å². The highest BCUT2D eigenvalue weighted by Gasteiger charge is 2.31. The molecule has 0 heterocycles. The van der Waals surface area contributed by atoms with Crippen LogP contribution >= 0.6 is 0 Å². The number of hydrogen-bond acceptors (Lipinski definition) is 7. The van der Waals surface area contributed by atoms with Crippen molar-refractivity contribution in [1.29, 1.82) is 0 Å². The van der Waals surface area contributed by atoms with Gasteiger partial charge in [0.15, 0.2) is 0 Å². The Morgan fingerprint density at radius 1 is 1.04 bits per heavy atom. The minimum Gasteiger partial charge on any atom is -0.507 e. The number of unbranched alkanes of at least 4 members (excludes halogenated alkanes) is 1. The van der Waals surface area contributed by atoms with Crippen LogP contribution in [0.5, 0.6) is 5.75 Å². The molecule has 0 aliphatic heterocycles. The summed E-state index contributed by atoms with van der Waals surface area (Å²) in [6.07, 6.45) is 1.22. The fraction of sp³-hybridized carbons (Fsp3) is 0.333. The highest BCUT2D eigenvalue weighted by Crippen LogP contribution is 2.37. The van der Waals surface area contributed by atoms with Gasteiger partial charge >= 0.3 is 0 Å². The molecule has 0 unspecified atom stereocenters. The van der Waals surface area contributed by atoms with Gasteiger partial charge in [-0.2, -0.15) is 16.8 Å². The maximum absolute atomic E-state index is 12.6. The lowest BCUT2D eigenvalue weighted by Gasteiger charge is -2.14. The van der Waals surface area contributed by atoms with Crippen molar-refractivity contribution in [2.24, 2.45) is 0 Å². The Morgan fingerprint density at radius 2 is 1.67 bits per heavy atom. The van der Waals surface area contributed by atoms with Crippen LogP contribution in [0.15, 0.2) is 40.1 Å². The number of phenolic OH excluding ortho intramolecular Hbond substituents is 1. The van der Waals surface area contributed by atoms with E-state index < -0.39 is 30.0 Å². The molecule has 0 spiro atoms. The lowest BCUT2D eigenvalue weighted by Crippen LogP contribution is -2.14. The Morgan fingerprint density at radius 3 is 2.25 bits per heavy atom. The second-order valence-electron chi connectivity index (χ2n) is 5.02. The minimum absolute atomic E-state index is 0.0459. The van der Waals surface area contributed by atoms with E-state index in [9.17, 15) is 21.9 Å². The topological polar surface area (TPSA) is 107 Å². The molecular formula is C15H18O7S2. The molecule has 2 aromatic rings. The van der Waals surface area contributed by atoms with Crippen LogP contribution in [0.25, 0.3) is 10.8 Å². The predicted octanol–water partition coefficient (Wildman–Crippen LogP) is 2.39. The molecule has 0 aliphatic rings. The normalized spacial score (nSPS) is 12.6. The maximum Gasteiger partial charge on any atom is 0.299 e. The molecule has 0 bridgehead atoms. The zero-order valence-corrected chi connectivity index (χ0v) is 14.9. The third kappa shape index (κ3) is 3.54. The van der Waals surface area contributed by atoms with Crippen LogP contribution < -0.4 is 0 Å². The van der Waals surface area contributed by atoms with Crippen molar-refractivity contribution in [3.05, 3.63) is 30.3 Å². The van der Waals surface area contributed by atoms with E-state index in [1.807, 2.05) is 6.92 Å². The molecular weight excluding hydrogens is 356 g/mol. The molecule has 0 aromatic heterocycles. The Hall–Kier alpha value is -1.68. The Bertz CT molecular complexity index is 947. The highest BCUT2D eigenvalue weighted by molar-refractivity contribution is 7.90. The van der Waals surface area contributed by atoms with E-state index in [0.717, 1.165) is 19.6 Å². The smallest absolute Gasteiger partial charge is 0.299 e. The lowest BCUT2D eigenvalue weighted by atomic mass is 10.1. The van der Waals surface area contributed by atoms with E-state index in [1.165, 1.54) is 18.2 Å². The number of rotatable bonds is 7. The van der Waals surface area contributed by atoms with Gasteiger partial charge in [-0.3, -0.25) is 8.37 Å². The van der Waals surface area contributed by atoms with E-state index in [2.05, 4.69) is 4.18 Å². The van der Waals surface area contributed by atoms with Gasteiger partial charge in [0.1, 0.15) is 15.5 Å². The average molecular weight is 374 g/mol. The van der Waals surface area contributed by atoms with E-state index >= 15 is 0 Å². The summed E-state index contributed by atoms with van der Waals surface area (Å²) < 4.78 is 58.9. The van der Waals surface area contributed by atoms with Crippen LogP contribution in [0.2, 0.25) is 0 Å². The van der Waals surface area contributed by atoms with Crippen molar-refractivity contribution in [1.82, 2.24) is 0 Å². The van der Waals surface area contributed by atoms with Crippen molar-refractivity contribution < 1.29 is 30.3 Å². The summed E-state index contributed by atoms with van der Waals surface area (Å²) in [5.74, 6) is -0.367. The quantitative estimate of drug-likeness (QED) is 0.585. The van der Waals surface area contributed by atoms with Gasteiger partial charge in [0, 0.05) is 16.8 Å². The van der Waals surface area contributed by atoms with E-state index in [1.54, 1.807) is 6.07 Å². The number of hydrogen-bond donors (Lipinski definition) is 1. The molecule has 0 saturated carbocycles. The first kappa shape index (κ1) is 18.7. The molecule has 0 saturated heterocycles. The van der Waals surface area contributed by atoms with E-state index in [-0.39, 0.29) is 23.1 Å². The first-order valence-corrected chi connectivity index (χ1v) is 10.0. The van der Waals surface area contributed by atoms with Gasteiger partial charge in [-0.05, 0) is 6.42 Å². The molecule has 132 valence electrons. The maximum atomic E-state index is 12.6. The molecule has 0 atom stereocenters. The van der Waals surface area contributed by atoms with Gasteiger partial charge in [-0.25, -0.2) is 0 Å². The van der Waals surface area contributed by atoms with Crippen LogP contribution in [-0.4, -0.2) is 35.7 Å². The summed E-state index contributed by atoms with van der Waals surface area (Å²) in [7, 11) is -7.83. The number of aromatic hydroxyl groups is 1. The Kier molecular flexibility index (Phi) is 5.49. The summed E-state index contributed by atoms with van der Waals surface area (Å²) in [5.41, 5.74) is 0. The number of benzene rings is 2. The van der Waals surface area contributed by atoms with Gasteiger partial charge in [0.25, 0.3) is 20.2 Å². The summed E-state index contributed by atoms with van der Waals surface area (Å²) in [6.45, 7) is 1.80. The number of phenols is 1. The third-order valence-electron chi connectivity index (χ3n) is 3.41. The minimum atomic E-state index is -4.38. The first-order chi connectivity index (χ1) is 11.2. The van der Waals surface area contributed by atoms with Crippen molar-refractivity contribution in [3.8, 4) is 5.75 Å². The lowest BCUT2D eigenvalue weighted by molar-refractivity contribution is 0.309. The largest absolute Gasteiger partial charge is 0.507 e. The zero-order chi connectivity index (χ0) is 18.0. The van der Waals surface area contributed by atoms with Crippen molar-refractivity contribution in [3.63, 3.8) is 0 Å². The summed E-state index contributed by atoms with van der Waals surface area (Å²) in [4.78, 5) is -1.19. The second-order valence-corrected chi connectivity index (χ2v) is 8.25. The number of fused-ring (bicyclic) bond motifs is 1. The van der Waals surface area contributed by atoms with E-state index in [0.29, 0.717) is 6.42 Å². The summed E-state index contributed by atoms with van der Waals surface area (Å²) in [5, 5.41) is 10.3. The monoisotopic (exact) mass is 374 g/mol. The fourth-order valence-corrected chi connectivity index (χ4v) is 4.80. The molecule has 9 heteroatoms. The van der Waals surface area contributed by atoms with Crippen LogP contribution in [0.3, 0.4) is 0 Å². The summed E-state index contributed by atoms with van der Waals surface area (Å²) >= 11 is 0. The molecule has 2 aromatic carbocycles. The van der Waals surface area contributed by atoms with Crippen molar-refractivity contribution in [2.75, 3.05) is 13.7 Å². The van der Waals surface area contributed by atoms with Crippen LogP contribution in [0, 0.1) is 0 Å². The molecule has 0 amide bonds. The zero-order valence-electron chi connectivity index (χ0n) is 13.2. The summed E-state index contributed by atoms with van der Waals surface area (Å²) in [6, 6.07) is 6.88. The fourth-order valence-electron chi connectivity index (χ4n) is 2.21. The molecule has 0 aliphatic carbocycles. The van der Waals surface area contributed by atoms with Gasteiger partial charge in [0.05, 0.1) is 13.7 Å². The van der Waals surface area contributed by atoms with Crippen LogP contribution in [-0.2, 0) is 28.6 Å². The molecule has 0 radical (unpaired) electrons. The average Bonchev–Trinajstić information content (AvgIpc) is 2.54. The Labute approximate surface area is 141 Å². The van der Waals surface area contributed by atoms with Crippen LogP contribution in [0.4, 0.5) is 0 Å². The van der Waals surface area contributed by atoms with Gasteiger partial charge in [0.2, 0.25) is 0 Å². The van der Waals surface area contributed by atoms with Crippen LogP contribution in [0.1, 0.15) is 19.8 Å². The molecule has 7 nitrogen and oxygen atoms in total. The van der Waals surface area contributed by atoms with Crippen molar-refractivity contribution in [2.45, 2.75) is 29.6 Å². The Balaban J connectivity index is 2.83. The predicted molar refractivity (Wildman–Crippen MR) is 87.9 cm³/mol. The molecule has 2 rings (SSSR count). The molecule has 24 heavy (non-hydrogen) atoms. The molecule has 1 N–H and O–H groups in total. The standard InChI is InChI=1S/C15H18O7S2/c1-3-4-9-22-24(19,20)15-12-8-6-5-7-11(12)13(16)10-14(15)23(17,18)21-2/h5-8,10,16H,3-4,9H2,1-2H3. The first-order valence-electron chi connectivity index (χ1n) is 7.19. The molecule has 0 fully saturated rings. The van der Waals surface area contributed by atoms with Gasteiger partial charge < -0.3 is 5.11 Å².